The Kier molecular flexibility index (Phi) is 3.98. The lowest BCUT2D eigenvalue weighted by Crippen LogP contribution is -2.45. The smallest absolute Gasteiger partial charge is 0.409 e. The zero-order valence-electron chi connectivity index (χ0n) is 12.5. The molecular weight excluding hydrogens is 308 g/mol. The summed E-state index contributed by atoms with van der Waals surface area (Å²) in [6.45, 7) is 2.46. The van der Waals surface area contributed by atoms with Crippen LogP contribution in [0.15, 0.2) is 11.8 Å². The Hall–Kier alpha value is -1.41. The molecule has 7 nitrogen and oxygen atoms in total. The van der Waals surface area contributed by atoms with Crippen LogP contribution in [-0.4, -0.2) is 49.3 Å². The predicted octanol–water partition coefficient (Wildman–Crippen LogP) is 0.422. The number of thiol groups is 1. The number of carbonyl (C=O) groups is 2. The third-order valence-corrected chi connectivity index (χ3v) is 4.87. The minimum absolute atomic E-state index is 0.0351. The lowest BCUT2D eigenvalue weighted by Gasteiger charge is -2.36. The Morgan fingerprint density at radius 3 is 3.00 bits per heavy atom. The van der Waals surface area contributed by atoms with Crippen LogP contribution < -0.4 is 10.6 Å². The molecule has 1 saturated heterocycles. The Balaban J connectivity index is 1.79. The maximum absolute atomic E-state index is 12.3. The third-order valence-electron chi connectivity index (χ3n) is 4.65. The molecule has 3 rings (SSSR count). The highest BCUT2D eigenvalue weighted by Crippen LogP contribution is 2.60. The van der Waals surface area contributed by atoms with E-state index < -0.39 is 18.0 Å². The second-order valence-corrected chi connectivity index (χ2v) is 6.32. The molecule has 0 radical (unpaired) electrons. The largest absolute Gasteiger partial charge is 0.461 e. The van der Waals surface area contributed by atoms with Gasteiger partial charge in [-0.3, -0.25) is 4.79 Å². The van der Waals surface area contributed by atoms with Crippen LogP contribution in [0, 0.1) is 11.8 Å². The van der Waals surface area contributed by atoms with Crippen molar-refractivity contribution in [2.75, 3.05) is 19.3 Å². The lowest BCUT2D eigenvalue weighted by molar-refractivity contribution is -0.142. The van der Waals surface area contributed by atoms with Gasteiger partial charge in [0.1, 0.15) is 5.60 Å². The van der Waals surface area contributed by atoms with Gasteiger partial charge >= 0.3 is 6.09 Å². The predicted molar refractivity (Wildman–Crippen MR) is 80.2 cm³/mol. The van der Waals surface area contributed by atoms with Crippen LogP contribution in [0.4, 0.5) is 4.79 Å². The van der Waals surface area contributed by atoms with Crippen LogP contribution in [-0.2, 0) is 19.0 Å². The van der Waals surface area contributed by atoms with E-state index in [1.807, 2.05) is 6.92 Å². The second-order valence-electron chi connectivity index (χ2n) is 5.87. The zero-order valence-corrected chi connectivity index (χ0v) is 13.4. The summed E-state index contributed by atoms with van der Waals surface area (Å²) in [5, 5.41) is 5.20. The molecule has 1 saturated carbocycles. The van der Waals surface area contributed by atoms with Gasteiger partial charge in [0.2, 0.25) is 0 Å². The van der Waals surface area contributed by atoms with Gasteiger partial charge in [-0.15, -0.1) is 0 Å². The minimum atomic E-state index is -0.746. The first kappa shape index (κ1) is 15.5. The fourth-order valence-electron chi connectivity index (χ4n) is 3.48. The second kappa shape index (κ2) is 5.66. The van der Waals surface area contributed by atoms with Gasteiger partial charge in [0.15, 0.2) is 0 Å². The SMILES string of the molecule is CNC(=O)OC1OC=C(C(=O)NCCS)C2CC3OC3(C)C12. The van der Waals surface area contributed by atoms with E-state index in [0.717, 1.165) is 6.42 Å². The van der Waals surface area contributed by atoms with Gasteiger partial charge in [0.25, 0.3) is 12.2 Å². The molecule has 22 heavy (non-hydrogen) atoms. The van der Waals surface area contributed by atoms with Crippen molar-refractivity contribution in [1.82, 2.24) is 10.6 Å². The number of ether oxygens (including phenoxy) is 3. The summed E-state index contributed by atoms with van der Waals surface area (Å²) in [6, 6.07) is 0. The standard InChI is InChI=1S/C14H20N2O5S/c1-14-9(21-14)5-7-8(11(17)16-3-4-22)6-19-12(10(7)14)20-13(18)15-2/h6-7,9-10,12,22H,3-5H2,1-2H3,(H,15,18)(H,16,17). The van der Waals surface area contributed by atoms with Crippen LogP contribution >= 0.6 is 12.6 Å². The quantitative estimate of drug-likeness (QED) is 0.514. The van der Waals surface area contributed by atoms with Gasteiger partial charge in [0, 0.05) is 25.3 Å². The van der Waals surface area contributed by atoms with Gasteiger partial charge < -0.3 is 24.8 Å². The number of epoxide rings is 1. The third kappa shape index (κ3) is 2.44. The summed E-state index contributed by atoms with van der Waals surface area (Å²) in [5.74, 6) is 0.191. The zero-order chi connectivity index (χ0) is 15.9. The molecule has 2 amide bonds. The molecule has 2 heterocycles. The number of fused-ring (bicyclic) bond motifs is 3. The first-order valence-electron chi connectivity index (χ1n) is 7.32. The van der Waals surface area contributed by atoms with E-state index in [2.05, 4.69) is 23.3 Å². The number of carbonyl (C=O) groups excluding carboxylic acids is 2. The molecular formula is C14H20N2O5S. The first-order valence-corrected chi connectivity index (χ1v) is 7.95. The van der Waals surface area contributed by atoms with E-state index in [-0.39, 0.29) is 23.8 Å². The molecule has 0 aromatic rings. The van der Waals surface area contributed by atoms with E-state index in [1.54, 1.807) is 0 Å². The molecule has 0 aromatic carbocycles. The maximum atomic E-state index is 12.3. The van der Waals surface area contributed by atoms with Crippen molar-refractivity contribution < 1.29 is 23.8 Å². The average Bonchev–Trinajstić information content (AvgIpc) is 3.06. The Morgan fingerprint density at radius 1 is 1.55 bits per heavy atom. The monoisotopic (exact) mass is 328 g/mol. The molecule has 2 N–H and O–H groups in total. The number of nitrogens with one attached hydrogen (secondary N) is 2. The van der Waals surface area contributed by atoms with Crippen molar-refractivity contribution in [3.63, 3.8) is 0 Å². The highest BCUT2D eigenvalue weighted by atomic mass is 32.1. The van der Waals surface area contributed by atoms with Crippen molar-refractivity contribution in [2.24, 2.45) is 11.8 Å². The van der Waals surface area contributed by atoms with Gasteiger partial charge in [-0.1, -0.05) is 0 Å². The molecule has 1 aliphatic carbocycles. The maximum Gasteiger partial charge on any atom is 0.409 e. The molecule has 5 unspecified atom stereocenters. The van der Waals surface area contributed by atoms with Gasteiger partial charge in [-0.2, -0.15) is 12.6 Å². The van der Waals surface area contributed by atoms with Crippen molar-refractivity contribution in [3.05, 3.63) is 11.8 Å². The molecule has 0 bridgehead atoms. The summed E-state index contributed by atoms with van der Waals surface area (Å²) in [7, 11) is 1.49. The van der Waals surface area contributed by atoms with Crippen LogP contribution in [0.25, 0.3) is 0 Å². The van der Waals surface area contributed by atoms with Crippen LogP contribution in [0.5, 0.6) is 0 Å². The fourth-order valence-corrected chi connectivity index (χ4v) is 3.59. The van der Waals surface area contributed by atoms with Crippen molar-refractivity contribution in [3.8, 4) is 0 Å². The Labute approximate surface area is 134 Å². The van der Waals surface area contributed by atoms with E-state index >= 15 is 0 Å². The van der Waals surface area contributed by atoms with Crippen LogP contribution in [0.2, 0.25) is 0 Å². The number of alkyl carbamates (subject to hydrolysis) is 1. The van der Waals surface area contributed by atoms with Gasteiger partial charge in [0.05, 0.1) is 23.9 Å². The van der Waals surface area contributed by atoms with E-state index in [4.69, 9.17) is 14.2 Å². The summed E-state index contributed by atoms with van der Waals surface area (Å²) in [4.78, 5) is 23.7. The number of amides is 2. The van der Waals surface area contributed by atoms with Crippen molar-refractivity contribution in [2.45, 2.75) is 31.3 Å². The Morgan fingerprint density at radius 2 is 2.32 bits per heavy atom. The van der Waals surface area contributed by atoms with Crippen molar-refractivity contribution in [1.29, 1.82) is 0 Å². The van der Waals surface area contributed by atoms with E-state index in [0.29, 0.717) is 17.9 Å². The molecule has 122 valence electrons. The average molecular weight is 328 g/mol. The first-order chi connectivity index (χ1) is 10.5. The van der Waals surface area contributed by atoms with Crippen LogP contribution in [0.1, 0.15) is 13.3 Å². The van der Waals surface area contributed by atoms with Crippen molar-refractivity contribution >= 4 is 24.6 Å². The molecule has 0 spiro atoms. The summed E-state index contributed by atoms with van der Waals surface area (Å²) in [5.41, 5.74) is 0.188. The number of hydrogen-bond donors (Lipinski definition) is 3. The van der Waals surface area contributed by atoms with Gasteiger partial charge in [-0.05, 0) is 13.3 Å². The summed E-state index contributed by atoms with van der Waals surface area (Å²) in [6.07, 6.45) is 0.924. The number of hydrogen-bond acceptors (Lipinski definition) is 6. The molecule has 3 aliphatic rings. The van der Waals surface area contributed by atoms with Gasteiger partial charge in [-0.25, -0.2) is 4.79 Å². The van der Waals surface area contributed by atoms with E-state index in [1.165, 1.54) is 13.3 Å². The van der Waals surface area contributed by atoms with Crippen LogP contribution in [0.3, 0.4) is 0 Å². The topological polar surface area (TPSA) is 89.2 Å². The molecule has 8 heteroatoms. The number of rotatable bonds is 4. The molecule has 2 fully saturated rings. The molecule has 5 atom stereocenters. The fraction of sp³-hybridized carbons (Fsp3) is 0.714. The normalized spacial score (nSPS) is 38.0. The Bertz CT molecular complexity index is 525. The highest BCUT2D eigenvalue weighted by Gasteiger charge is 2.70. The highest BCUT2D eigenvalue weighted by molar-refractivity contribution is 7.80. The lowest BCUT2D eigenvalue weighted by atomic mass is 9.82. The summed E-state index contributed by atoms with van der Waals surface area (Å²) >= 11 is 4.08. The molecule has 2 aliphatic heterocycles. The van der Waals surface area contributed by atoms with E-state index in [9.17, 15) is 9.59 Å². The molecule has 0 aromatic heterocycles. The summed E-state index contributed by atoms with van der Waals surface area (Å²) < 4.78 is 16.5. The minimum Gasteiger partial charge on any atom is -0.461 e.